The molecule has 2 amide bonds. The number of rotatable bonds is 4. The van der Waals surface area contributed by atoms with Gasteiger partial charge in [-0.2, -0.15) is 0 Å². The first-order valence-electron chi connectivity index (χ1n) is 10.4. The lowest BCUT2D eigenvalue weighted by Gasteiger charge is -2.07. The van der Waals surface area contributed by atoms with Gasteiger partial charge in [0.05, 0.1) is 15.9 Å². The highest BCUT2D eigenvalue weighted by molar-refractivity contribution is 7.23. The number of hydrogen-bond acceptors (Lipinski definition) is 5. The van der Waals surface area contributed by atoms with Crippen LogP contribution in [0.25, 0.3) is 26.4 Å². The van der Waals surface area contributed by atoms with E-state index in [0.29, 0.717) is 29.0 Å². The number of carbonyl (C=O) groups excluding carboxylic acids is 2. The highest BCUT2D eigenvalue weighted by Gasteiger charge is 2.53. The molecule has 2 atom stereocenters. The highest BCUT2D eigenvalue weighted by atomic mass is 32.1. The van der Waals surface area contributed by atoms with E-state index in [-0.39, 0.29) is 11.8 Å². The van der Waals surface area contributed by atoms with Crippen molar-refractivity contribution in [3.05, 3.63) is 59.8 Å². The zero-order valence-electron chi connectivity index (χ0n) is 16.9. The number of piperidine rings is 1. The Morgan fingerprint density at radius 2 is 1.81 bits per heavy atom. The van der Waals surface area contributed by atoms with Gasteiger partial charge in [-0.3, -0.25) is 14.0 Å². The molecule has 0 spiro atoms. The second kappa shape index (κ2) is 6.90. The van der Waals surface area contributed by atoms with E-state index in [9.17, 15) is 9.59 Å². The van der Waals surface area contributed by atoms with Crippen molar-refractivity contribution in [1.82, 2.24) is 25.3 Å². The van der Waals surface area contributed by atoms with Gasteiger partial charge in [0, 0.05) is 49.1 Å². The second-order valence-electron chi connectivity index (χ2n) is 8.20. The largest absolute Gasteiger partial charge is 0.355 e. The molecule has 31 heavy (non-hydrogen) atoms. The first-order chi connectivity index (χ1) is 15.1. The minimum atomic E-state index is -0.107. The van der Waals surface area contributed by atoms with E-state index >= 15 is 0 Å². The third-order valence-electron chi connectivity index (χ3n) is 6.42. The van der Waals surface area contributed by atoms with Crippen LogP contribution in [0.15, 0.2) is 48.7 Å². The maximum atomic E-state index is 12.7. The third kappa shape index (κ3) is 3.02. The summed E-state index contributed by atoms with van der Waals surface area (Å²) in [7, 11) is 1.62. The number of aromatic nitrogens is 2. The molecule has 8 heteroatoms. The normalized spacial score (nSPS) is 21.9. The molecule has 2 unspecified atom stereocenters. The number of hydrogen-bond donors (Lipinski definition) is 3. The molecule has 1 saturated carbocycles. The molecule has 2 aromatic heterocycles. The molecular formula is C23H21N5O2S. The Balaban J connectivity index is 1.26. The van der Waals surface area contributed by atoms with Crippen LogP contribution in [-0.4, -0.2) is 47.4 Å². The molecule has 3 heterocycles. The van der Waals surface area contributed by atoms with Crippen LogP contribution in [0.4, 0.5) is 0 Å². The Morgan fingerprint density at radius 3 is 2.55 bits per heavy atom. The van der Waals surface area contributed by atoms with Gasteiger partial charge in [-0.15, -0.1) is 0 Å². The predicted octanol–water partition coefficient (Wildman–Crippen LogP) is 2.52. The molecule has 6 rings (SSSR count). The lowest BCUT2D eigenvalue weighted by molar-refractivity contribution is 0.0943. The third-order valence-corrected chi connectivity index (χ3v) is 7.43. The Labute approximate surface area is 182 Å². The molecule has 4 aromatic rings. The fourth-order valence-corrected chi connectivity index (χ4v) is 5.63. The van der Waals surface area contributed by atoms with Crippen molar-refractivity contribution in [2.45, 2.75) is 6.04 Å². The Kier molecular flexibility index (Phi) is 4.12. The molecular weight excluding hydrogens is 410 g/mol. The summed E-state index contributed by atoms with van der Waals surface area (Å²) < 4.78 is 3.09. The fraction of sp³-hybridized carbons (Fsp3) is 0.261. The number of amides is 2. The van der Waals surface area contributed by atoms with Crippen LogP contribution in [0.3, 0.4) is 0 Å². The first-order valence-corrected chi connectivity index (χ1v) is 11.2. The summed E-state index contributed by atoms with van der Waals surface area (Å²) in [5, 5.41) is 9.16. The van der Waals surface area contributed by atoms with Gasteiger partial charge in [0.2, 0.25) is 0 Å². The summed E-state index contributed by atoms with van der Waals surface area (Å²) in [6.45, 7) is 2.02. The monoisotopic (exact) mass is 431 g/mol. The van der Waals surface area contributed by atoms with Crippen molar-refractivity contribution in [2.75, 3.05) is 20.1 Å². The van der Waals surface area contributed by atoms with E-state index in [1.54, 1.807) is 30.5 Å². The summed E-state index contributed by atoms with van der Waals surface area (Å²) in [5.74, 6) is 1.09. The average molecular weight is 432 g/mol. The van der Waals surface area contributed by atoms with Crippen LogP contribution in [0.1, 0.15) is 20.7 Å². The molecule has 1 aliphatic carbocycles. The maximum absolute atomic E-state index is 12.7. The van der Waals surface area contributed by atoms with E-state index in [0.717, 1.165) is 39.5 Å². The number of benzene rings is 2. The molecule has 156 valence electrons. The van der Waals surface area contributed by atoms with Crippen molar-refractivity contribution in [2.24, 2.45) is 11.8 Å². The minimum Gasteiger partial charge on any atom is -0.355 e. The standard InChI is InChI=1S/C23H21N5O2S/c1-24-21(29)13-4-2-12(3-5-13)17-11-28-18-7-6-14(8-19(18)31-23(28)26-17)22(30)27-20-15-9-25-10-16(15)20/h2-8,11,15-16,20,25H,9-10H2,1H3,(H,24,29)(H,27,30). The van der Waals surface area contributed by atoms with E-state index in [4.69, 9.17) is 4.98 Å². The van der Waals surface area contributed by atoms with Gasteiger partial charge in [0.15, 0.2) is 4.96 Å². The summed E-state index contributed by atoms with van der Waals surface area (Å²) in [6.07, 6.45) is 2.00. The Morgan fingerprint density at radius 1 is 1.06 bits per heavy atom. The van der Waals surface area contributed by atoms with Gasteiger partial charge in [-0.25, -0.2) is 4.98 Å². The Hall–Kier alpha value is -3.23. The summed E-state index contributed by atoms with van der Waals surface area (Å²) in [5.41, 5.74) is 4.16. The second-order valence-corrected chi connectivity index (χ2v) is 9.21. The lowest BCUT2D eigenvalue weighted by Crippen LogP contribution is -2.32. The van der Waals surface area contributed by atoms with Gasteiger partial charge >= 0.3 is 0 Å². The number of nitrogens with one attached hydrogen (secondary N) is 3. The summed E-state index contributed by atoms with van der Waals surface area (Å²) >= 11 is 1.57. The SMILES string of the molecule is CNC(=O)c1ccc(-c2cn3c(n2)sc2cc(C(=O)NC4C5CNCC54)ccc23)cc1. The van der Waals surface area contributed by atoms with Crippen molar-refractivity contribution in [1.29, 1.82) is 0 Å². The molecule has 1 aliphatic heterocycles. The zero-order valence-corrected chi connectivity index (χ0v) is 17.7. The summed E-state index contributed by atoms with van der Waals surface area (Å²) in [4.78, 5) is 30.1. The van der Waals surface area contributed by atoms with Crippen molar-refractivity contribution in [3.63, 3.8) is 0 Å². The van der Waals surface area contributed by atoms with Gasteiger partial charge in [0.1, 0.15) is 0 Å². The fourth-order valence-electron chi connectivity index (χ4n) is 4.59. The van der Waals surface area contributed by atoms with Crippen LogP contribution in [0.5, 0.6) is 0 Å². The van der Waals surface area contributed by atoms with E-state index in [1.807, 2.05) is 36.5 Å². The quantitative estimate of drug-likeness (QED) is 0.463. The topological polar surface area (TPSA) is 87.5 Å². The minimum absolute atomic E-state index is 0.00392. The molecule has 2 aromatic carbocycles. The molecule has 2 aliphatic rings. The molecule has 7 nitrogen and oxygen atoms in total. The Bertz CT molecular complexity index is 1330. The van der Waals surface area contributed by atoms with E-state index in [2.05, 4.69) is 20.4 Å². The lowest BCUT2D eigenvalue weighted by atomic mass is 10.1. The van der Waals surface area contributed by atoms with Gasteiger partial charge < -0.3 is 16.0 Å². The number of carbonyl (C=O) groups is 2. The average Bonchev–Trinajstić information content (AvgIpc) is 3.21. The molecule has 0 bridgehead atoms. The smallest absolute Gasteiger partial charge is 0.251 e. The molecule has 0 radical (unpaired) electrons. The number of fused-ring (bicyclic) bond motifs is 4. The van der Waals surface area contributed by atoms with Crippen LogP contribution < -0.4 is 16.0 Å². The van der Waals surface area contributed by atoms with Crippen LogP contribution in [-0.2, 0) is 0 Å². The van der Waals surface area contributed by atoms with Crippen molar-refractivity contribution in [3.8, 4) is 11.3 Å². The predicted molar refractivity (Wildman–Crippen MR) is 121 cm³/mol. The number of nitrogens with zero attached hydrogens (tertiary/aromatic N) is 2. The van der Waals surface area contributed by atoms with Crippen LogP contribution >= 0.6 is 11.3 Å². The molecule has 1 saturated heterocycles. The maximum Gasteiger partial charge on any atom is 0.251 e. The number of imidazole rings is 1. The van der Waals surface area contributed by atoms with E-state index in [1.165, 1.54) is 0 Å². The van der Waals surface area contributed by atoms with Crippen molar-refractivity contribution < 1.29 is 9.59 Å². The van der Waals surface area contributed by atoms with Gasteiger partial charge in [0.25, 0.3) is 11.8 Å². The van der Waals surface area contributed by atoms with Gasteiger partial charge in [-0.05, 0) is 42.2 Å². The van der Waals surface area contributed by atoms with Crippen LogP contribution in [0.2, 0.25) is 0 Å². The van der Waals surface area contributed by atoms with Gasteiger partial charge in [-0.1, -0.05) is 23.5 Å². The van der Waals surface area contributed by atoms with Crippen molar-refractivity contribution >= 4 is 38.3 Å². The first kappa shape index (κ1) is 18.5. The zero-order chi connectivity index (χ0) is 21.1. The van der Waals surface area contributed by atoms with E-state index < -0.39 is 0 Å². The number of thiazole rings is 1. The summed E-state index contributed by atoms with van der Waals surface area (Å²) in [6, 6.07) is 13.6. The van der Waals surface area contributed by atoms with Crippen LogP contribution in [0, 0.1) is 11.8 Å². The molecule has 2 fully saturated rings. The highest BCUT2D eigenvalue weighted by Crippen LogP contribution is 2.41. The molecule has 3 N–H and O–H groups in total.